The summed E-state index contributed by atoms with van der Waals surface area (Å²) >= 11 is 0. The van der Waals surface area contributed by atoms with Gasteiger partial charge in [-0.05, 0) is 49.9 Å². The molecule has 0 heterocycles. The Morgan fingerprint density at radius 2 is 1.64 bits per heavy atom. The van der Waals surface area contributed by atoms with Crippen LogP contribution in [0.4, 0.5) is 5.69 Å². The van der Waals surface area contributed by atoms with Crippen LogP contribution in [0.1, 0.15) is 22.3 Å². The van der Waals surface area contributed by atoms with Gasteiger partial charge < -0.3 is 15.4 Å². The largest absolute Gasteiger partial charge is 0.496 e. The predicted octanol–water partition coefficient (Wildman–Crippen LogP) is 2.92. The molecule has 5 heteroatoms. The van der Waals surface area contributed by atoms with E-state index in [1.807, 2.05) is 57.2 Å². The zero-order valence-electron chi connectivity index (χ0n) is 15.1. The van der Waals surface area contributed by atoms with Crippen molar-refractivity contribution in [1.82, 2.24) is 5.32 Å². The number of carbonyl (C=O) groups excluding carboxylic acids is 2. The second-order valence-corrected chi connectivity index (χ2v) is 6.05. The SMILES string of the molecule is COc1ccccc1CCNC(=O)C(=O)Nc1c(C)cc(C)cc1C. The Bertz CT molecular complexity index is 761. The molecule has 2 amide bonds. The number of hydrogen-bond donors (Lipinski definition) is 2. The third-order valence-corrected chi connectivity index (χ3v) is 3.99. The molecule has 0 saturated heterocycles. The molecule has 0 spiro atoms. The van der Waals surface area contributed by atoms with Crippen LogP contribution in [-0.4, -0.2) is 25.5 Å². The lowest BCUT2D eigenvalue weighted by atomic mass is 10.1. The molecule has 2 N–H and O–H groups in total. The molecule has 132 valence electrons. The maximum atomic E-state index is 12.1. The third kappa shape index (κ3) is 4.83. The monoisotopic (exact) mass is 340 g/mol. The molecule has 5 nitrogen and oxygen atoms in total. The van der Waals surface area contributed by atoms with Crippen LogP contribution in [0, 0.1) is 20.8 Å². The molecule has 2 rings (SSSR count). The highest BCUT2D eigenvalue weighted by molar-refractivity contribution is 6.39. The summed E-state index contributed by atoms with van der Waals surface area (Å²) in [5, 5.41) is 5.35. The molecule has 0 atom stereocenters. The van der Waals surface area contributed by atoms with Crippen LogP contribution in [0.25, 0.3) is 0 Å². The van der Waals surface area contributed by atoms with Gasteiger partial charge in [0.25, 0.3) is 0 Å². The van der Waals surface area contributed by atoms with Crippen LogP contribution in [0.5, 0.6) is 5.75 Å². The molecule has 0 aliphatic carbocycles. The topological polar surface area (TPSA) is 67.4 Å². The normalized spacial score (nSPS) is 10.2. The molecule has 2 aromatic rings. The standard InChI is InChI=1S/C20H24N2O3/c1-13-11-14(2)18(15(3)12-13)22-20(24)19(23)21-10-9-16-7-5-6-8-17(16)25-4/h5-8,11-12H,9-10H2,1-4H3,(H,21,23)(H,22,24). The summed E-state index contributed by atoms with van der Waals surface area (Å²) in [6.07, 6.45) is 0.589. The van der Waals surface area contributed by atoms with Crippen molar-refractivity contribution in [1.29, 1.82) is 0 Å². The van der Waals surface area contributed by atoms with Gasteiger partial charge in [-0.25, -0.2) is 0 Å². The van der Waals surface area contributed by atoms with Gasteiger partial charge in [0.2, 0.25) is 0 Å². The summed E-state index contributed by atoms with van der Waals surface area (Å²) < 4.78 is 5.27. The lowest BCUT2D eigenvalue weighted by molar-refractivity contribution is -0.136. The van der Waals surface area contributed by atoms with E-state index in [-0.39, 0.29) is 0 Å². The summed E-state index contributed by atoms with van der Waals surface area (Å²) in [7, 11) is 1.61. The summed E-state index contributed by atoms with van der Waals surface area (Å²) in [4.78, 5) is 24.1. The fourth-order valence-electron chi connectivity index (χ4n) is 2.85. The fraction of sp³-hybridized carbons (Fsp3) is 0.300. The number of rotatable bonds is 5. The Kier molecular flexibility index (Phi) is 6.17. The summed E-state index contributed by atoms with van der Waals surface area (Å²) in [5.41, 5.74) is 4.67. The van der Waals surface area contributed by atoms with Crippen LogP contribution in [0.3, 0.4) is 0 Å². The van der Waals surface area contributed by atoms with E-state index in [9.17, 15) is 9.59 Å². The maximum absolute atomic E-state index is 12.1. The van der Waals surface area contributed by atoms with Crippen LogP contribution in [0.15, 0.2) is 36.4 Å². The molecule has 25 heavy (non-hydrogen) atoms. The summed E-state index contributed by atoms with van der Waals surface area (Å²) in [6.45, 7) is 6.18. The van der Waals surface area contributed by atoms with Crippen molar-refractivity contribution in [2.75, 3.05) is 19.0 Å². The fourth-order valence-corrected chi connectivity index (χ4v) is 2.85. The Morgan fingerprint density at radius 3 is 2.28 bits per heavy atom. The van der Waals surface area contributed by atoms with Gasteiger partial charge in [0.15, 0.2) is 0 Å². The molecule has 0 aromatic heterocycles. The van der Waals surface area contributed by atoms with Gasteiger partial charge in [-0.3, -0.25) is 9.59 Å². The second-order valence-electron chi connectivity index (χ2n) is 6.05. The number of anilines is 1. The first kappa shape index (κ1) is 18.5. The van der Waals surface area contributed by atoms with E-state index >= 15 is 0 Å². The third-order valence-electron chi connectivity index (χ3n) is 3.99. The molecule has 0 unspecified atom stereocenters. The zero-order valence-corrected chi connectivity index (χ0v) is 15.1. The number of para-hydroxylation sites is 1. The predicted molar refractivity (Wildman–Crippen MR) is 99.0 cm³/mol. The number of aryl methyl sites for hydroxylation is 3. The Balaban J connectivity index is 1.92. The number of methoxy groups -OCH3 is 1. The molecule has 0 bridgehead atoms. The highest BCUT2D eigenvalue weighted by atomic mass is 16.5. The van der Waals surface area contributed by atoms with Gasteiger partial charge in [-0.15, -0.1) is 0 Å². The maximum Gasteiger partial charge on any atom is 0.313 e. The molecule has 2 aromatic carbocycles. The molecule has 0 aliphatic rings. The van der Waals surface area contributed by atoms with Crippen molar-refractivity contribution in [2.24, 2.45) is 0 Å². The molecule has 0 fully saturated rings. The highest BCUT2D eigenvalue weighted by Crippen LogP contribution is 2.21. The first-order valence-corrected chi connectivity index (χ1v) is 8.21. The van der Waals surface area contributed by atoms with Gasteiger partial charge in [0, 0.05) is 12.2 Å². The molecule has 0 aliphatic heterocycles. The molecule has 0 radical (unpaired) electrons. The van der Waals surface area contributed by atoms with Crippen LogP contribution >= 0.6 is 0 Å². The van der Waals surface area contributed by atoms with Gasteiger partial charge in [0.05, 0.1) is 7.11 Å². The van der Waals surface area contributed by atoms with Crippen molar-refractivity contribution in [3.05, 3.63) is 58.7 Å². The zero-order chi connectivity index (χ0) is 18.4. The van der Waals surface area contributed by atoms with Gasteiger partial charge >= 0.3 is 11.8 Å². The van der Waals surface area contributed by atoms with Crippen molar-refractivity contribution in [2.45, 2.75) is 27.2 Å². The number of ether oxygens (including phenoxy) is 1. The Labute approximate surface area is 148 Å². The number of amides is 2. The van der Waals surface area contributed by atoms with Gasteiger partial charge in [-0.2, -0.15) is 0 Å². The number of hydrogen-bond acceptors (Lipinski definition) is 3. The van der Waals surface area contributed by atoms with Crippen LogP contribution < -0.4 is 15.4 Å². The van der Waals surface area contributed by atoms with Crippen LogP contribution in [-0.2, 0) is 16.0 Å². The summed E-state index contributed by atoms with van der Waals surface area (Å²) in [5.74, 6) is -0.531. The average Bonchev–Trinajstić information content (AvgIpc) is 2.58. The number of nitrogens with one attached hydrogen (secondary N) is 2. The second kappa shape index (κ2) is 8.33. The Morgan fingerprint density at radius 1 is 1.00 bits per heavy atom. The highest BCUT2D eigenvalue weighted by Gasteiger charge is 2.16. The first-order valence-electron chi connectivity index (χ1n) is 8.21. The van der Waals surface area contributed by atoms with E-state index < -0.39 is 11.8 Å². The van der Waals surface area contributed by atoms with E-state index in [0.29, 0.717) is 18.7 Å². The van der Waals surface area contributed by atoms with E-state index in [1.54, 1.807) is 7.11 Å². The number of carbonyl (C=O) groups is 2. The average molecular weight is 340 g/mol. The lowest BCUT2D eigenvalue weighted by Crippen LogP contribution is -2.36. The van der Waals surface area contributed by atoms with Gasteiger partial charge in [-0.1, -0.05) is 35.9 Å². The minimum absolute atomic E-state index is 0.360. The molecular weight excluding hydrogens is 316 g/mol. The minimum atomic E-state index is -0.657. The number of benzene rings is 2. The minimum Gasteiger partial charge on any atom is -0.496 e. The van der Waals surface area contributed by atoms with E-state index in [1.165, 1.54) is 0 Å². The van der Waals surface area contributed by atoms with Crippen molar-refractivity contribution in [3.63, 3.8) is 0 Å². The van der Waals surface area contributed by atoms with Gasteiger partial charge in [0.1, 0.15) is 5.75 Å². The van der Waals surface area contributed by atoms with Crippen molar-refractivity contribution in [3.8, 4) is 5.75 Å². The Hall–Kier alpha value is -2.82. The summed E-state index contributed by atoms with van der Waals surface area (Å²) in [6, 6.07) is 11.6. The van der Waals surface area contributed by atoms with E-state index in [0.717, 1.165) is 28.0 Å². The van der Waals surface area contributed by atoms with E-state index in [4.69, 9.17) is 4.74 Å². The quantitative estimate of drug-likeness (QED) is 0.823. The van der Waals surface area contributed by atoms with Crippen LogP contribution in [0.2, 0.25) is 0 Å². The smallest absolute Gasteiger partial charge is 0.313 e. The lowest BCUT2D eigenvalue weighted by Gasteiger charge is -2.13. The van der Waals surface area contributed by atoms with Crippen molar-refractivity contribution >= 4 is 17.5 Å². The van der Waals surface area contributed by atoms with E-state index in [2.05, 4.69) is 10.6 Å². The molecular formula is C20H24N2O3. The first-order chi connectivity index (χ1) is 11.9. The molecule has 0 saturated carbocycles. The van der Waals surface area contributed by atoms with Crippen molar-refractivity contribution < 1.29 is 14.3 Å².